The molecule has 2 aromatic carbocycles. The number of halogens is 1. The van der Waals surface area contributed by atoms with Gasteiger partial charge in [0.2, 0.25) is 17.0 Å². The van der Waals surface area contributed by atoms with Gasteiger partial charge in [-0.3, -0.25) is 9.59 Å². The molecule has 1 saturated carbocycles. The second-order valence-corrected chi connectivity index (χ2v) is 13.5. The molecule has 43 heavy (non-hydrogen) atoms. The van der Waals surface area contributed by atoms with Crippen molar-refractivity contribution in [2.24, 2.45) is 5.92 Å². The fraction of sp³-hybridized carbons (Fsp3) is 0.485. The van der Waals surface area contributed by atoms with Crippen LogP contribution < -0.4 is 0 Å². The monoisotopic (exact) mass is 618 g/mol. The summed E-state index contributed by atoms with van der Waals surface area (Å²) in [5.74, 6) is 1.35. The fourth-order valence-electron chi connectivity index (χ4n) is 6.53. The van der Waals surface area contributed by atoms with Gasteiger partial charge in [-0.2, -0.15) is 0 Å². The number of piperazine rings is 1. The third kappa shape index (κ3) is 6.68. The molecule has 1 saturated heterocycles. The average molecular weight is 619 g/mol. The summed E-state index contributed by atoms with van der Waals surface area (Å²) in [6, 6.07) is 14.3. The standard InChI is InChI=1S/C33H39ClN6O2S/c1-22-13-14-28-27(18-22)30-31(40(28)21-24-8-6-11-26(34)19-24)35-33(37-36-30)43-17-7-12-29(41)38-15-16-39(23(2)20-38)32(42)25-9-4-3-5-10-25/h6,8,11,13-14,18-19,23,25H,3-5,7,9-10,12,15-17,20-21H2,1-2H3. The van der Waals surface area contributed by atoms with E-state index in [9.17, 15) is 9.59 Å². The van der Waals surface area contributed by atoms with Gasteiger partial charge in [-0.1, -0.05) is 66.4 Å². The highest BCUT2D eigenvalue weighted by atomic mass is 35.5. The predicted octanol–water partition coefficient (Wildman–Crippen LogP) is 6.50. The van der Waals surface area contributed by atoms with Crippen LogP contribution in [0.1, 0.15) is 63.0 Å². The molecule has 226 valence electrons. The third-order valence-corrected chi connectivity index (χ3v) is 9.98. The number of carbonyl (C=O) groups is 2. The SMILES string of the molecule is Cc1ccc2c(c1)c1nnc(SCCCC(=O)N3CCN(C(=O)C4CCCCC4)C(C)C3)nc1n2Cc1cccc(Cl)c1. The van der Waals surface area contributed by atoms with Crippen molar-refractivity contribution in [3.05, 3.63) is 58.6 Å². The van der Waals surface area contributed by atoms with Gasteiger partial charge in [0.1, 0.15) is 5.52 Å². The van der Waals surface area contributed by atoms with E-state index in [1.54, 1.807) is 0 Å². The van der Waals surface area contributed by atoms with Gasteiger partial charge in [0.05, 0.1) is 5.52 Å². The van der Waals surface area contributed by atoms with Crippen LogP contribution in [0, 0.1) is 12.8 Å². The summed E-state index contributed by atoms with van der Waals surface area (Å²) in [7, 11) is 0. The van der Waals surface area contributed by atoms with Crippen molar-refractivity contribution < 1.29 is 9.59 Å². The molecule has 2 aliphatic rings. The Bertz CT molecular complexity index is 1630. The maximum absolute atomic E-state index is 13.1. The summed E-state index contributed by atoms with van der Waals surface area (Å²) in [6.07, 6.45) is 6.78. The molecule has 2 fully saturated rings. The number of hydrogen-bond acceptors (Lipinski definition) is 6. The zero-order valence-electron chi connectivity index (χ0n) is 25.0. The molecule has 0 N–H and O–H groups in total. The number of benzene rings is 2. The van der Waals surface area contributed by atoms with Crippen molar-refractivity contribution >= 4 is 57.2 Å². The van der Waals surface area contributed by atoms with E-state index in [4.69, 9.17) is 16.6 Å². The highest BCUT2D eigenvalue weighted by Gasteiger charge is 2.33. The summed E-state index contributed by atoms with van der Waals surface area (Å²) >= 11 is 7.80. The van der Waals surface area contributed by atoms with Crippen LogP contribution in [-0.4, -0.2) is 72.8 Å². The molecule has 1 atom stereocenters. The van der Waals surface area contributed by atoms with Gasteiger partial charge < -0.3 is 14.4 Å². The minimum atomic E-state index is 0.0650. The van der Waals surface area contributed by atoms with E-state index in [-0.39, 0.29) is 17.9 Å². The molecule has 0 radical (unpaired) electrons. The lowest BCUT2D eigenvalue weighted by Gasteiger charge is -2.41. The maximum atomic E-state index is 13.1. The van der Waals surface area contributed by atoms with Gasteiger partial charge in [-0.25, -0.2) is 4.98 Å². The molecule has 2 amide bonds. The minimum absolute atomic E-state index is 0.0650. The number of hydrogen-bond donors (Lipinski definition) is 0. The van der Waals surface area contributed by atoms with Gasteiger partial charge in [0, 0.05) is 60.7 Å². The van der Waals surface area contributed by atoms with Crippen LogP contribution in [0.25, 0.3) is 22.1 Å². The summed E-state index contributed by atoms with van der Waals surface area (Å²) in [5.41, 5.74) is 4.89. The largest absolute Gasteiger partial charge is 0.339 e. The van der Waals surface area contributed by atoms with E-state index in [0.29, 0.717) is 48.7 Å². The first-order chi connectivity index (χ1) is 20.9. The normalized spacial score (nSPS) is 18.1. The van der Waals surface area contributed by atoms with Crippen LogP contribution in [0.3, 0.4) is 0 Å². The van der Waals surface area contributed by atoms with E-state index < -0.39 is 0 Å². The third-order valence-electron chi connectivity index (χ3n) is 8.82. The van der Waals surface area contributed by atoms with Crippen LogP contribution >= 0.6 is 23.4 Å². The van der Waals surface area contributed by atoms with E-state index in [1.165, 1.54) is 18.2 Å². The molecule has 0 spiro atoms. The number of thioether (sulfide) groups is 1. The molecule has 6 rings (SSSR count). The summed E-state index contributed by atoms with van der Waals surface area (Å²) in [5, 5.41) is 11.4. The van der Waals surface area contributed by atoms with E-state index in [1.807, 2.05) is 28.0 Å². The quantitative estimate of drug-likeness (QED) is 0.166. The van der Waals surface area contributed by atoms with E-state index >= 15 is 0 Å². The van der Waals surface area contributed by atoms with Gasteiger partial charge in [0.15, 0.2) is 5.65 Å². The first-order valence-electron chi connectivity index (χ1n) is 15.5. The summed E-state index contributed by atoms with van der Waals surface area (Å²) < 4.78 is 2.18. The number of aromatic nitrogens is 4. The number of rotatable bonds is 8. The van der Waals surface area contributed by atoms with Crippen LogP contribution in [0.4, 0.5) is 0 Å². The Balaban J connectivity index is 1.07. The van der Waals surface area contributed by atoms with E-state index in [0.717, 1.165) is 71.1 Å². The molecular formula is C33H39ClN6O2S. The Kier molecular flexibility index (Phi) is 9.19. The van der Waals surface area contributed by atoms with Gasteiger partial charge in [-0.05, 0) is 62.9 Å². The number of amides is 2. The molecule has 1 unspecified atom stereocenters. The lowest BCUT2D eigenvalue weighted by molar-refractivity contribution is -0.146. The second kappa shape index (κ2) is 13.2. The zero-order chi connectivity index (χ0) is 29.9. The Hall–Kier alpha value is -3.17. The minimum Gasteiger partial charge on any atom is -0.339 e. The Morgan fingerprint density at radius 3 is 2.67 bits per heavy atom. The van der Waals surface area contributed by atoms with Crippen LogP contribution in [-0.2, 0) is 16.1 Å². The Labute approximate surface area is 262 Å². The number of aryl methyl sites for hydroxylation is 1. The highest BCUT2D eigenvalue weighted by Crippen LogP contribution is 2.30. The topological polar surface area (TPSA) is 84.2 Å². The maximum Gasteiger partial charge on any atom is 0.226 e. The zero-order valence-corrected chi connectivity index (χ0v) is 26.5. The first-order valence-corrected chi connectivity index (χ1v) is 16.8. The van der Waals surface area contributed by atoms with Gasteiger partial charge in [0.25, 0.3) is 0 Å². The van der Waals surface area contributed by atoms with Crippen LogP contribution in [0.15, 0.2) is 47.6 Å². The lowest BCUT2D eigenvalue weighted by Crippen LogP contribution is -2.56. The Morgan fingerprint density at radius 2 is 1.88 bits per heavy atom. The van der Waals surface area contributed by atoms with Crippen molar-refractivity contribution in [3.8, 4) is 0 Å². The smallest absolute Gasteiger partial charge is 0.226 e. The molecule has 10 heteroatoms. The van der Waals surface area contributed by atoms with E-state index in [2.05, 4.69) is 52.9 Å². The van der Waals surface area contributed by atoms with Crippen LogP contribution in [0.5, 0.6) is 0 Å². The number of carbonyl (C=O) groups excluding carboxylic acids is 2. The molecule has 3 heterocycles. The van der Waals surface area contributed by atoms with Crippen molar-refractivity contribution in [1.29, 1.82) is 0 Å². The molecule has 0 bridgehead atoms. The molecule has 8 nitrogen and oxygen atoms in total. The lowest BCUT2D eigenvalue weighted by atomic mass is 9.88. The second-order valence-electron chi connectivity index (χ2n) is 12.0. The average Bonchev–Trinajstić information content (AvgIpc) is 3.30. The summed E-state index contributed by atoms with van der Waals surface area (Å²) in [6.45, 7) is 6.64. The summed E-state index contributed by atoms with van der Waals surface area (Å²) in [4.78, 5) is 35.0. The first kappa shape index (κ1) is 29.9. The van der Waals surface area contributed by atoms with Gasteiger partial charge >= 0.3 is 0 Å². The fourth-order valence-corrected chi connectivity index (χ4v) is 7.47. The van der Waals surface area contributed by atoms with Crippen LogP contribution in [0.2, 0.25) is 5.02 Å². The van der Waals surface area contributed by atoms with Gasteiger partial charge in [-0.15, -0.1) is 10.2 Å². The predicted molar refractivity (Wildman–Crippen MR) is 172 cm³/mol. The highest BCUT2D eigenvalue weighted by molar-refractivity contribution is 7.99. The number of nitrogens with zero attached hydrogens (tertiary/aromatic N) is 6. The van der Waals surface area contributed by atoms with Crippen molar-refractivity contribution in [2.45, 2.75) is 76.5 Å². The van der Waals surface area contributed by atoms with Crippen molar-refractivity contribution in [1.82, 2.24) is 29.5 Å². The molecule has 2 aromatic heterocycles. The Morgan fingerprint density at radius 1 is 1.05 bits per heavy atom. The number of fused-ring (bicyclic) bond motifs is 3. The van der Waals surface area contributed by atoms with Crippen molar-refractivity contribution in [3.63, 3.8) is 0 Å². The molecule has 1 aliphatic heterocycles. The molecule has 4 aromatic rings. The van der Waals surface area contributed by atoms with Crippen molar-refractivity contribution in [2.75, 3.05) is 25.4 Å². The molecular weight excluding hydrogens is 580 g/mol. The molecule has 1 aliphatic carbocycles.